The van der Waals surface area contributed by atoms with Crippen molar-refractivity contribution in [1.29, 1.82) is 5.26 Å². The molecule has 1 spiro atoms. The van der Waals surface area contributed by atoms with Gasteiger partial charge in [0.1, 0.15) is 0 Å². The van der Waals surface area contributed by atoms with Gasteiger partial charge in [0.05, 0.1) is 24.5 Å². The van der Waals surface area contributed by atoms with Crippen LogP contribution in [0.4, 0.5) is 0 Å². The van der Waals surface area contributed by atoms with Crippen LogP contribution in [-0.4, -0.2) is 6.54 Å². The van der Waals surface area contributed by atoms with Crippen LogP contribution in [0.2, 0.25) is 0 Å². The summed E-state index contributed by atoms with van der Waals surface area (Å²) >= 11 is 0. The molecule has 0 aromatic heterocycles. The Morgan fingerprint density at radius 2 is 2.19 bits per heavy atom. The maximum atomic E-state index is 8.94. The minimum atomic E-state index is 0.0739. The molecule has 0 bridgehead atoms. The fraction of sp³-hybridized carbons (Fsp3) is 0.462. The molecular formula is C13H14N2O. The molecule has 1 saturated heterocycles. The van der Waals surface area contributed by atoms with Crippen molar-refractivity contribution in [3.63, 3.8) is 0 Å². The molecule has 1 aliphatic carbocycles. The van der Waals surface area contributed by atoms with E-state index in [2.05, 4.69) is 29.6 Å². The summed E-state index contributed by atoms with van der Waals surface area (Å²) in [6, 6.07) is 2.33. The predicted octanol–water partition coefficient (Wildman–Crippen LogP) is 2.07. The molecule has 3 nitrogen and oxygen atoms in total. The van der Waals surface area contributed by atoms with Gasteiger partial charge in [-0.3, -0.25) is 0 Å². The van der Waals surface area contributed by atoms with E-state index in [0.29, 0.717) is 5.92 Å². The zero-order valence-corrected chi connectivity index (χ0v) is 9.02. The lowest BCUT2D eigenvalue weighted by Gasteiger charge is -2.31. The van der Waals surface area contributed by atoms with E-state index >= 15 is 0 Å². The summed E-state index contributed by atoms with van der Waals surface area (Å²) < 4.78 is 5.12. The van der Waals surface area contributed by atoms with Gasteiger partial charge in [0.25, 0.3) is 0 Å². The van der Waals surface area contributed by atoms with Crippen LogP contribution in [0.5, 0.6) is 0 Å². The monoisotopic (exact) mass is 214 g/mol. The minimum absolute atomic E-state index is 0.0739. The molecule has 3 aliphatic rings. The standard InChI is InChI=1S/C13H14N2O/c14-8-10-1-2-11-12(7-10)15-9-13(11)3-5-16-6-4-13/h3-7,10-11,15H,1-2,9H2. The lowest BCUT2D eigenvalue weighted by molar-refractivity contribution is 0.303. The number of allylic oxidation sites excluding steroid dienone is 2. The Morgan fingerprint density at radius 3 is 2.94 bits per heavy atom. The largest absolute Gasteiger partial charge is 0.473 e. The molecule has 3 heteroatoms. The highest BCUT2D eigenvalue weighted by Gasteiger charge is 2.44. The Hall–Kier alpha value is -1.69. The molecule has 2 heterocycles. The van der Waals surface area contributed by atoms with Gasteiger partial charge < -0.3 is 10.1 Å². The Kier molecular flexibility index (Phi) is 2.03. The molecule has 1 fully saturated rings. The highest BCUT2D eigenvalue weighted by atomic mass is 16.5. The van der Waals surface area contributed by atoms with E-state index in [0.717, 1.165) is 19.4 Å². The summed E-state index contributed by atoms with van der Waals surface area (Å²) in [6.45, 7) is 0.915. The topological polar surface area (TPSA) is 45.0 Å². The summed E-state index contributed by atoms with van der Waals surface area (Å²) in [5.74, 6) is 0.579. The number of ether oxygens (including phenoxy) is 1. The number of nitrogens with zero attached hydrogens (tertiary/aromatic N) is 1. The van der Waals surface area contributed by atoms with Crippen molar-refractivity contribution in [2.24, 2.45) is 17.3 Å². The number of nitriles is 1. The molecule has 0 aromatic carbocycles. The minimum Gasteiger partial charge on any atom is -0.473 e. The fourth-order valence-electron chi connectivity index (χ4n) is 2.92. The number of hydrogen-bond donors (Lipinski definition) is 1. The first-order chi connectivity index (χ1) is 7.84. The van der Waals surface area contributed by atoms with E-state index in [4.69, 9.17) is 10.00 Å². The van der Waals surface area contributed by atoms with Gasteiger partial charge >= 0.3 is 0 Å². The van der Waals surface area contributed by atoms with Crippen molar-refractivity contribution in [2.75, 3.05) is 6.54 Å². The van der Waals surface area contributed by atoms with E-state index in [1.54, 1.807) is 12.5 Å². The second kappa shape index (κ2) is 3.41. The number of hydrogen-bond acceptors (Lipinski definition) is 3. The third-order valence-corrected chi connectivity index (χ3v) is 3.85. The molecule has 2 aliphatic heterocycles. The van der Waals surface area contributed by atoms with Crippen LogP contribution < -0.4 is 5.32 Å². The van der Waals surface area contributed by atoms with Gasteiger partial charge in [-0.2, -0.15) is 5.26 Å². The van der Waals surface area contributed by atoms with Crippen LogP contribution in [0.3, 0.4) is 0 Å². The highest BCUT2D eigenvalue weighted by Crippen LogP contribution is 2.47. The second-order valence-electron chi connectivity index (χ2n) is 4.70. The van der Waals surface area contributed by atoms with Crippen LogP contribution >= 0.6 is 0 Å². The summed E-state index contributed by atoms with van der Waals surface area (Å²) in [4.78, 5) is 0. The molecule has 2 unspecified atom stereocenters. The SMILES string of the molecule is N#CC1C=C2NCC3(C=COC=C3)C2CC1. The van der Waals surface area contributed by atoms with E-state index in [9.17, 15) is 0 Å². The van der Waals surface area contributed by atoms with Crippen molar-refractivity contribution in [2.45, 2.75) is 12.8 Å². The van der Waals surface area contributed by atoms with Gasteiger partial charge in [-0.25, -0.2) is 0 Å². The number of rotatable bonds is 0. The van der Waals surface area contributed by atoms with Crippen LogP contribution in [0.25, 0.3) is 0 Å². The summed E-state index contributed by atoms with van der Waals surface area (Å²) in [5.41, 5.74) is 1.32. The number of fused-ring (bicyclic) bond motifs is 2. The Morgan fingerprint density at radius 1 is 1.38 bits per heavy atom. The van der Waals surface area contributed by atoms with Crippen molar-refractivity contribution < 1.29 is 4.74 Å². The molecule has 0 amide bonds. The predicted molar refractivity (Wildman–Crippen MR) is 59.7 cm³/mol. The number of nitrogens with one attached hydrogen (secondary N) is 1. The van der Waals surface area contributed by atoms with Gasteiger partial charge in [-0.15, -0.1) is 0 Å². The molecule has 2 atom stereocenters. The zero-order valence-electron chi connectivity index (χ0n) is 9.02. The van der Waals surface area contributed by atoms with E-state index < -0.39 is 0 Å². The van der Waals surface area contributed by atoms with Gasteiger partial charge in [0.2, 0.25) is 0 Å². The van der Waals surface area contributed by atoms with Crippen molar-refractivity contribution in [3.8, 4) is 6.07 Å². The van der Waals surface area contributed by atoms with E-state index in [1.165, 1.54) is 5.70 Å². The molecule has 16 heavy (non-hydrogen) atoms. The first-order valence-corrected chi connectivity index (χ1v) is 5.70. The average Bonchev–Trinajstić information content (AvgIpc) is 2.69. The molecule has 0 saturated carbocycles. The van der Waals surface area contributed by atoms with Crippen LogP contribution in [0.15, 0.2) is 36.4 Å². The molecule has 3 rings (SSSR count). The van der Waals surface area contributed by atoms with Crippen LogP contribution in [0.1, 0.15) is 12.8 Å². The molecular weight excluding hydrogens is 200 g/mol. The molecule has 1 N–H and O–H groups in total. The summed E-state index contributed by atoms with van der Waals surface area (Å²) in [5, 5.41) is 12.4. The van der Waals surface area contributed by atoms with Crippen LogP contribution in [0, 0.1) is 28.6 Å². The van der Waals surface area contributed by atoms with E-state index in [1.807, 2.05) is 0 Å². The first kappa shape index (κ1) is 9.53. The van der Waals surface area contributed by atoms with Gasteiger partial charge in [-0.1, -0.05) is 0 Å². The maximum Gasteiger partial charge on any atom is 0.0871 e. The summed E-state index contributed by atoms with van der Waals surface area (Å²) in [7, 11) is 0. The smallest absolute Gasteiger partial charge is 0.0871 e. The van der Waals surface area contributed by atoms with Crippen molar-refractivity contribution in [3.05, 3.63) is 36.4 Å². The Balaban J connectivity index is 1.94. The Bertz CT molecular complexity index is 416. The van der Waals surface area contributed by atoms with Gasteiger partial charge in [-0.05, 0) is 31.1 Å². The average molecular weight is 214 g/mol. The summed E-state index contributed by atoms with van der Waals surface area (Å²) in [6.07, 6.45) is 11.9. The van der Waals surface area contributed by atoms with Crippen LogP contribution in [-0.2, 0) is 4.74 Å². The Labute approximate surface area is 95.1 Å². The highest BCUT2D eigenvalue weighted by molar-refractivity contribution is 5.31. The van der Waals surface area contributed by atoms with Gasteiger partial charge in [0.15, 0.2) is 0 Å². The van der Waals surface area contributed by atoms with Gasteiger partial charge in [0, 0.05) is 23.6 Å². The lowest BCUT2D eigenvalue weighted by Crippen LogP contribution is -2.28. The second-order valence-corrected chi connectivity index (χ2v) is 4.70. The molecule has 82 valence electrons. The molecule has 0 radical (unpaired) electrons. The fourth-order valence-corrected chi connectivity index (χ4v) is 2.92. The maximum absolute atomic E-state index is 8.94. The van der Waals surface area contributed by atoms with E-state index in [-0.39, 0.29) is 11.3 Å². The molecule has 0 aromatic rings. The quantitative estimate of drug-likeness (QED) is 0.671. The normalized spacial score (nSPS) is 33.6. The lowest BCUT2D eigenvalue weighted by atomic mass is 9.71. The van der Waals surface area contributed by atoms with Crippen molar-refractivity contribution in [1.82, 2.24) is 5.32 Å². The third kappa shape index (κ3) is 1.26. The van der Waals surface area contributed by atoms with Crippen molar-refractivity contribution >= 4 is 0 Å². The zero-order chi connectivity index (χ0) is 11.0. The third-order valence-electron chi connectivity index (χ3n) is 3.85. The first-order valence-electron chi connectivity index (χ1n) is 5.70.